The topological polar surface area (TPSA) is 66.4 Å². The summed E-state index contributed by atoms with van der Waals surface area (Å²) in [6, 6.07) is 0. The van der Waals surface area contributed by atoms with E-state index in [0.29, 0.717) is 12.8 Å². The van der Waals surface area contributed by atoms with Crippen LogP contribution in [0.4, 0.5) is 0 Å². The van der Waals surface area contributed by atoms with Crippen molar-refractivity contribution in [2.24, 2.45) is 0 Å². The fourth-order valence-electron chi connectivity index (χ4n) is 1.63. The third kappa shape index (κ3) is 3.36. The van der Waals surface area contributed by atoms with E-state index in [9.17, 15) is 9.59 Å². The molecule has 2 N–H and O–H groups in total. The molecular weight excluding hydrogens is 182 g/mol. The van der Waals surface area contributed by atoms with Crippen molar-refractivity contribution in [2.45, 2.75) is 51.0 Å². The first-order valence-electron chi connectivity index (χ1n) is 5.05. The summed E-state index contributed by atoms with van der Waals surface area (Å²) in [4.78, 5) is 21.5. The van der Waals surface area contributed by atoms with Crippen molar-refractivity contribution in [3.05, 3.63) is 0 Å². The molecule has 4 heteroatoms. The van der Waals surface area contributed by atoms with E-state index >= 15 is 0 Å². The molecule has 80 valence electrons. The molecule has 0 aromatic heterocycles. The fourth-order valence-corrected chi connectivity index (χ4v) is 1.63. The Balaban J connectivity index is 2.13. The molecule has 0 unspecified atom stereocenters. The van der Waals surface area contributed by atoms with E-state index in [2.05, 4.69) is 5.32 Å². The second-order valence-corrected chi connectivity index (χ2v) is 4.21. The Hall–Kier alpha value is -1.06. The lowest BCUT2D eigenvalue weighted by Gasteiger charge is -2.39. The normalized spacial score (nSPS) is 18.4. The van der Waals surface area contributed by atoms with Crippen LogP contribution in [0, 0.1) is 0 Å². The van der Waals surface area contributed by atoms with Gasteiger partial charge in [-0.2, -0.15) is 0 Å². The third-order valence-corrected chi connectivity index (χ3v) is 2.69. The second kappa shape index (κ2) is 4.44. The van der Waals surface area contributed by atoms with E-state index in [1.807, 2.05) is 6.92 Å². The fraction of sp³-hybridized carbons (Fsp3) is 0.800. The van der Waals surface area contributed by atoms with Gasteiger partial charge in [0.1, 0.15) is 0 Å². The zero-order valence-corrected chi connectivity index (χ0v) is 8.51. The summed E-state index contributed by atoms with van der Waals surface area (Å²) in [6.45, 7) is 2.03. The van der Waals surface area contributed by atoms with E-state index in [1.165, 1.54) is 6.42 Å². The summed E-state index contributed by atoms with van der Waals surface area (Å²) < 4.78 is 0. The van der Waals surface area contributed by atoms with Crippen LogP contribution in [-0.2, 0) is 9.59 Å². The first kappa shape index (κ1) is 11.0. The number of carbonyl (C=O) groups excluding carboxylic acids is 1. The minimum atomic E-state index is -0.840. The number of nitrogens with one attached hydrogen (secondary N) is 1. The van der Waals surface area contributed by atoms with Crippen LogP contribution in [0.2, 0.25) is 0 Å². The van der Waals surface area contributed by atoms with E-state index in [1.54, 1.807) is 0 Å². The first-order chi connectivity index (χ1) is 6.52. The molecule has 1 rings (SSSR count). The lowest BCUT2D eigenvalue weighted by atomic mass is 9.78. The Morgan fingerprint density at radius 3 is 2.43 bits per heavy atom. The maximum atomic E-state index is 11.3. The molecule has 1 amide bonds. The number of amides is 1. The van der Waals surface area contributed by atoms with Gasteiger partial charge in [0.05, 0.1) is 0 Å². The van der Waals surface area contributed by atoms with Gasteiger partial charge in [0.25, 0.3) is 0 Å². The van der Waals surface area contributed by atoms with Gasteiger partial charge in [0.15, 0.2) is 0 Å². The number of hydrogen-bond donors (Lipinski definition) is 2. The van der Waals surface area contributed by atoms with Crippen molar-refractivity contribution in [3.63, 3.8) is 0 Å². The summed E-state index contributed by atoms with van der Waals surface area (Å²) in [7, 11) is 0. The second-order valence-electron chi connectivity index (χ2n) is 4.21. The monoisotopic (exact) mass is 199 g/mol. The van der Waals surface area contributed by atoms with Crippen LogP contribution in [0.15, 0.2) is 0 Å². The summed E-state index contributed by atoms with van der Waals surface area (Å²) in [5, 5.41) is 11.3. The summed E-state index contributed by atoms with van der Waals surface area (Å²) >= 11 is 0. The molecule has 0 saturated heterocycles. The number of rotatable bonds is 5. The van der Waals surface area contributed by atoms with Crippen molar-refractivity contribution in [1.82, 2.24) is 5.32 Å². The van der Waals surface area contributed by atoms with E-state index in [4.69, 9.17) is 5.11 Å². The highest BCUT2D eigenvalue weighted by molar-refractivity contribution is 5.77. The summed E-state index contributed by atoms with van der Waals surface area (Å²) in [6.07, 6.45) is 4.07. The van der Waals surface area contributed by atoms with Gasteiger partial charge in [-0.25, -0.2) is 0 Å². The van der Waals surface area contributed by atoms with Crippen molar-refractivity contribution < 1.29 is 14.7 Å². The predicted molar refractivity (Wildman–Crippen MR) is 51.9 cm³/mol. The Morgan fingerprint density at radius 2 is 2.00 bits per heavy atom. The summed E-state index contributed by atoms with van der Waals surface area (Å²) in [5.74, 6) is -0.860. The standard InChI is InChI=1S/C10H17NO3/c1-10(6-3-7-10)11-8(12)4-2-5-9(13)14/h2-7H2,1H3,(H,11,12)(H,13,14). The van der Waals surface area contributed by atoms with Crippen molar-refractivity contribution in [1.29, 1.82) is 0 Å². The van der Waals surface area contributed by atoms with Crippen LogP contribution >= 0.6 is 0 Å². The van der Waals surface area contributed by atoms with Gasteiger partial charge < -0.3 is 10.4 Å². The molecule has 0 heterocycles. The van der Waals surface area contributed by atoms with Gasteiger partial charge in [-0.3, -0.25) is 9.59 Å². The van der Waals surface area contributed by atoms with Crippen molar-refractivity contribution in [2.75, 3.05) is 0 Å². The van der Waals surface area contributed by atoms with Crippen LogP contribution in [0.5, 0.6) is 0 Å². The number of carbonyl (C=O) groups is 2. The highest BCUT2D eigenvalue weighted by Gasteiger charge is 2.32. The molecule has 0 aromatic carbocycles. The maximum Gasteiger partial charge on any atom is 0.303 e. The molecular formula is C10H17NO3. The Bertz CT molecular complexity index is 234. The predicted octanol–water partition coefficient (Wildman–Crippen LogP) is 1.30. The largest absolute Gasteiger partial charge is 0.481 e. The molecule has 0 atom stereocenters. The van der Waals surface area contributed by atoms with Gasteiger partial charge in [-0.1, -0.05) is 0 Å². The molecule has 1 saturated carbocycles. The summed E-state index contributed by atoms with van der Waals surface area (Å²) in [5.41, 5.74) is -0.0136. The van der Waals surface area contributed by atoms with Gasteiger partial charge in [-0.05, 0) is 32.6 Å². The minimum absolute atomic E-state index is 0.0136. The number of carboxylic acids is 1. The molecule has 0 radical (unpaired) electrons. The Morgan fingerprint density at radius 1 is 1.36 bits per heavy atom. The highest BCUT2D eigenvalue weighted by atomic mass is 16.4. The lowest BCUT2D eigenvalue weighted by molar-refractivity contribution is -0.137. The molecule has 1 aliphatic rings. The average Bonchev–Trinajstić information content (AvgIpc) is 2.00. The Labute approximate surface area is 83.7 Å². The van der Waals surface area contributed by atoms with Crippen molar-refractivity contribution in [3.8, 4) is 0 Å². The van der Waals surface area contributed by atoms with E-state index in [0.717, 1.165) is 12.8 Å². The zero-order chi connectivity index (χ0) is 10.6. The average molecular weight is 199 g/mol. The van der Waals surface area contributed by atoms with E-state index < -0.39 is 5.97 Å². The van der Waals surface area contributed by atoms with Gasteiger partial charge in [-0.15, -0.1) is 0 Å². The molecule has 4 nitrogen and oxygen atoms in total. The molecule has 0 spiro atoms. The maximum absolute atomic E-state index is 11.3. The zero-order valence-electron chi connectivity index (χ0n) is 8.51. The highest BCUT2D eigenvalue weighted by Crippen LogP contribution is 2.30. The number of carboxylic acid groups (broad SMARTS) is 1. The third-order valence-electron chi connectivity index (χ3n) is 2.69. The van der Waals surface area contributed by atoms with Gasteiger partial charge >= 0.3 is 5.97 Å². The molecule has 0 aromatic rings. The van der Waals surface area contributed by atoms with Crippen LogP contribution in [0.1, 0.15) is 45.4 Å². The van der Waals surface area contributed by atoms with E-state index in [-0.39, 0.29) is 17.9 Å². The van der Waals surface area contributed by atoms with Gasteiger partial charge in [0, 0.05) is 18.4 Å². The van der Waals surface area contributed by atoms with Crippen LogP contribution in [0.25, 0.3) is 0 Å². The van der Waals surface area contributed by atoms with Crippen molar-refractivity contribution >= 4 is 11.9 Å². The smallest absolute Gasteiger partial charge is 0.303 e. The SMILES string of the molecule is CC1(NC(=O)CCCC(=O)O)CCC1. The quantitative estimate of drug-likeness (QED) is 0.701. The van der Waals surface area contributed by atoms with Crippen LogP contribution < -0.4 is 5.32 Å². The molecule has 1 aliphatic carbocycles. The number of aliphatic carboxylic acids is 1. The molecule has 14 heavy (non-hydrogen) atoms. The minimum Gasteiger partial charge on any atom is -0.481 e. The number of hydrogen-bond acceptors (Lipinski definition) is 2. The molecule has 0 aliphatic heterocycles. The Kier molecular flexibility index (Phi) is 3.49. The van der Waals surface area contributed by atoms with Crippen LogP contribution in [0.3, 0.4) is 0 Å². The van der Waals surface area contributed by atoms with Gasteiger partial charge in [0.2, 0.25) is 5.91 Å². The van der Waals surface area contributed by atoms with Crippen LogP contribution in [-0.4, -0.2) is 22.5 Å². The molecule has 0 bridgehead atoms. The lowest BCUT2D eigenvalue weighted by Crippen LogP contribution is -2.50. The first-order valence-corrected chi connectivity index (χ1v) is 5.05. The molecule has 1 fully saturated rings.